The van der Waals surface area contributed by atoms with Crippen LogP contribution in [0, 0.1) is 5.92 Å². The average molecular weight is 657 g/mol. The van der Waals surface area contributed by atoms with Crippen LogP contribution in [-0.4, -0.2) is 95.1 Å². The van der Waals surface area contributed by atoms with Crippen LogP contribution in [0.4, 0.5) is 0 Å². The SMILES string of the molecule is CC(=O)C[C@@H](CCCCNC(=O)c1cc2ccccc2o1)C(=O)NC(CO)C(=O)N[C@@H](C)C(=O)N1CCCC1C(=O)N[C@@H](C)C(N)=O. The molecular formula is C32H44N6O9. The molecule has 2 heterocycles. The summed E-state index contributed by atoms with van der Waals surface area (Å²) in [6.07, 6.45) is 2.09. The lowest BCUT2D eigenvalue weighted by Gasteiger charge is -2.28. The zero-order valence-electron chi connectivity index (χ0n) is 26.9. The molecule has 1 fully saturated rings. The van der Waals surface area contributed by atoms with Gasteiger partial charge in [0.1, 0.15) is 35.5 Å². The summed E-state index contributed by atoms with van der Waals surface area (Å²) >= 11 is 0. The number of unbranched alkanes of at least 4 members (excludes halogenated alkanes) is 1. The molecule has 15 heteroatoms. The fourth-order valence-corrected chi connectivity index (χ4v) is 5.36. The monoisotopic (exact) mass is 656 g/mol. The highest BCUT2D eigenvalue weighted by Crippen LogP contribution is 2.20. The van der Waals surface area contributed by atoms with Gasteiger partial charge in [0.25, 0.3) is 5.91 Å². The molecule has 256 valence electrons. The third-order valence-electron chi connectivity index (χ3n) is 7.99. The fraction of sp³-hybridized carbons (Fsp3) is 0.531. The Balaban J connectivity index is 1.49. The van der Waals surface area contributed by atoms with Crippen molar-refractivity contribution in [2.24, 2.45) is 11.7 Å². The second-order valence-corrected chi connectivity index (χ2v) is 11.8. The molecule has 1 aromatic heterocycles. The van der Waals surface area contributed by atoms with Gasteiger partial charge in [0, 0.05) is 30.8 Å². The molecular weight excluding hydrogens is 612 g/mol. The molecule has 0 radical (unpaired) electrons. The number of primary amides is 1. The van der Waals surface area contributed by atoms with E-state index < -0.39 is 66.2 Å². The summed E-state index contributed by atoms with van der Waals surface area (Å²) in [4.78, 5) is 88.8. The Morgan fingerprint density at radius 2 is 1.72 bits per heavy atom. The van der Waals surface area contributed by atoms with E-state index >= 15 is 0 Å². The van der Waals surface area contributed by atoms with Crippen LogP contribution >= 0.6 is 0 Å². The summed E-state index contributed by atoms with van der Waals surface area (Å²) in [5.41, 5.74) is 5.81. The number of hydrogen-bond acceptors (Lipinski definition) is 9. The number of para-hydroxylation sites is 1. The molecule has 1 aliphatic rings. The number of nitrogens with one attached hydrogen (secondary N) is 4. The molecule has 3 rings (SSSR count). The second-order valence-electron chi connectivity index (χ2n) is 11.8. The standard InChI is InChI=1S/C32H44N6O9/c1-18(40)15-22(10-6-7-13-34-31(45)26-16-21-9-4-5-12-25(21)47-26)28(42)37-23(17-39)29(43)36-20(3)32(46)38-14-8-11-24(38)30(44)35-19(2)27(33)41/h4-5,9,12,16,19-20,22-24,39H,6-8,10-11,13-15,17H2,1-3H3,(H2,33,41)(H,34,45)(H,35,44)(H,36,43)(H,37,42)/t19-,20-,22+,23?,24?/m0/s1. The van der Waals surface area contributed by atoms with Crippen LogP contribution in [0.15, 0.2) is 34.7 Å². The maximum absolute atomic E-state index is 13.1. The van der Waals surface area contributed by atoms with Crippen molar-refractivity contribution in [3.8, 4) is 0 Å². The van der Waals surface area contributed by atoms with Crippen molar-refractivity contribution >= 4 is 52.2 Å². The topological polar surface area (TPSA) is 230 Å². The first-order chi connectivity index (χ1) is 22.3. The number of amides is 6. The number of aliphatic hydroxyl groups is 1. The molecule has 0 saturated carbocycles. The first-order valence-corrected chi connectivity index (χ1v) is 15.7. The third-order valence-corrected chi connectivity index (χ3v) is 7.99. The predicted molar refractivity (Wildman–Crippen MR) is 169 cm³/mol. The summed E-state index contributed by atoms with van der Waals surface area (Å²) in [5, 5.41) is 20.9. The molecule has 0 bridgehead atoms. The van der Waals surface area contributed by atoms with Crippen molar-refractivity contribution in [1.82, 2.24) is 26.2 Å². The number of carbonyl (C=O) groups is 7. The van der Waals surface area contributed by atoms with E-state index in [1.807, 2.05) is 18.2 Å². The van der Waals surface area contributed by atoms with Gasteiger partial charge < -0.3 is 46.2 Å². The fourth-order valence-electron chi connectivity index (χ4n) is 5.36. The molecule has 0 spiro atoms. The number of fused-ring (bicyclic) bond motifs is 1. The van der Waals surface area contributed by atoms with Crippen LogP contribution in [0.3, 0.4) is 0 Å². The van der Waals surface area contributed by atoms with Gasteiger partial charge in [-0.2, -0.15) is 0 Å². The lowest BCUT2D eigenvalue weighted by molar-refractivity contribution is -0.142. The van der Waals surface area contributed by atoms with E-state index in [0.29, 0.717) is 37.8 Å². The third kappa shape index (κ3) is 10.4. The average Bonchev–Trinajstić information content (AvgIpc) is 3.70. The molecule has 47 heavy (non-hydrogen) atoms. The Morgan fingerprint density at radius 3 is 2.38 bits per heavy atom. The van der Waals surface area contributed by atoms with E-state index in [2.05, 4.69) is 21.3 Å². The number of aliphatic hydroxyl groups excluding tert-OH is 1. The molecule has 2 unspecified atom stereocenters. The number of hydrogen-bond donors (Lipinski definition) is 6. The van der Waals surface area contributed by atoms with E-state index in [-0.39, 0.29) is 36.8 Å². The maximum Gasteiger partial charge on any atom is 0.287 e. The lowest BCUT2D eigenvalue weighted by atomic mass is 9.95. The zero-order valence-corrected chi connectivity index (χ0v) is 26.9. The number of furan rings is 1. The summed E-state index contributed by atoms with van der Waals surface area (Å²) in [7, 11) is 0. The van der Waals surface area contributed by atoms with Crippen LogP contribution in [0.2, 0.25) is 0 Å². The molecule has 1 aliphatic heterocycles. The Hall–Kier alpha value is -4.79. The number of likely N-dealkylation sites (tertiary alicyclic amines) is 1. The first-order valence-electron chi connectivity index (χ1n) is 15.7. The predicted octanol–water partition coefficient (Wildman–Crippen LogP) is -0.109. The summed E-state index contributed by atoms with van der Waals surface area (Å²) in [6, 6.07) is 4.64. The highest BCUT2D eigenvalue weighted by molar-refractivity contribution is 5.97. The largest absolute Gasteiger partial charge is 0.451 e. The van der Waals surface area contributed by atoms with Gasteiger partial charge in [-0.05, 0) is 58.6 Å². The number of nitrogens with zero attached hydrogens (tertiary/aromatic N) is 1. The summed E-state index contributed by atoms with van der Waals surface area (Å²) in [5.74, 6) is -4.44. The van der Waals surface area contributed by atoms with Crippen molar-refractivity contribution in [2.75, 3.05) is 19.7 Å². The van der Waals surface area contributed by atoms with E-state index in [9.17, 15) is 38.7 Å². The van der Waals surface area contributed by atoms with Crippen molar-refractivity contribution in [3.63, 3.8) is 0 Å². The highest BCUT2D eigenvalue weighted by atomic mass is 16.3. The number of nitrogens with two attached hydrogens (primary N) is 1. The van der Waals surface area contributed by atoms with Crippen LogP contribution in [0.25, 0.3) is 11.0 Å². The van der Waals surface area contributed by atoms with E-state index in [1.54, 1.807) is 12.1 Å². The Bertz CT molecular complexity index is 1440. The Labute approximate surface area is 272 Å². The molecule has 2 aromatic rings. The second kappa shape index (κ2) is 17.2. The normalized spacial score (nSPS) is 16.9. The highest BCUT2D eigenvalue weighted by Gasteiger charge is 2.37. The number of carbonyl (C=O) groups excluding carboxylic acids is 7. The summed E-state index contributed by atoms with van der Waals surface area (Å²) < 4.78 is 5.56. The molecule has 7 N–H and O–H groups in total. The van der Waals surface area contributed by atoms with Crippen LogP contribution in [0.5, 0.6) is 0 Å². The maximum atomic E-state index is 13.1. The van der Waals surface area contributed by atoms with E-state index in [0.717, 1.165) is 5.39 Å². The smallest absolute Gasteiger partial charge is 0.287 e. The van der Waals surface area contributed by atoms with Gasteiger partial charge in [0.15, 0.2) is 5.76 Å². The van der Waals surface area contributed by atoms with E-state index in [4.69, 9.17) is 10.2 Å². The van der Waals surface area contributed by atoms with E-state index in [1.165, 1.54) is 25.7 Å². The first kappa shape index (κ1) is 36.7. The molecule has 15 nitrogen and oxygen atoms in total. The van der Waals surface area contributed by atoms with Gasteiger partial charge in [-0.3, -0.25) is 28.8 Å². The Morgan fingerprint density at radius 1 is 1.00 bits per heavy atom. The van der Waals surface area contributed by atoms with Gasteiger partial charge in [-0.1, -0.05) is 24.6 Å². The van der Waals surface area contributed by atoms with Gasteiger partial charge in [-0.25, -0.2) is 0 Å². The quantitative estimate of drug-likeness (QED) is 0.125. The molecule has 1 aromatic carbocycles. The van der Waals surface area contributed by atoms with Crippen LogP contribution in [-0.2, 0) is 28.8 Å². The number of ketones is 1. The van der Waals surface area contributed by atoms with Crippen molar-refractivity contribution in [3.05, 3.63) is 36.1 Å². The van der Waals surface area contributed by atoms with Crippen molar-refractivity contribution in [2.45, 2.75) is 83.5 Å². The van der Waals surface area contributed by atoms with Gasteiger partial charge >= 0.3 is 0 Å². The Kier molecular flexibility index (Phi) is 13.4. The number of benzene rings is 1. The molecule has 0 aliphatic carbocycles. The van der Waals surface area contributed by atoms with Crippen molar-refractivity contribution in [1.29, 1.82) is 0 Å². The van der Waals surface area contributed by atoms with Crippen LogP contribution < -0.4 is 27.0 Å². The minimum atomic E-state index is -1.40. The van der Waals surface area contributed by atoms with Gasteiger partial charge in [-0.15, -0.1) is 0 Å². The summed E-state index contributed by atoms with van der Waals surface area (Å²) in [6.45, 7) is 4.00. The number of Topliss-reactive ketones (excluding diaryl/α,β-unsaturated/α-hetero) is 1. The molecule has 1 saturated heterocycles. The minimum absolute atomic E-state index is 0.0847. The lowest BCUT2D eigenvalue weighted by Crippen LogP contribution is -2.57. The zero-order chi connectivity index (χ0) is 34.7. The minimum Gasteiger partial charge on any atom is -0.451 e. The van der Waals surface area contributed by atoms with Crippen LogP contribution in [0.1, 0.15) is 69.9 Å². The molecule has 6 amide bonds. The molecule has 5 atom stereocenters. The number of rotatable bonds is 17. The van der Waals surface area contributed by atoms with Gasteiger partial charge in [0.2, 0.25) is 29.5 Å². The van der Waals surface area contributed by atoms with Gasteiger partial charge in [0.05, 0.1) is 6.61 Å². The van der Waals surface area contributed by atoms with Crippen molar-refractivity contribution < 1.29 is 43.1 Å².